The number of nitrogens with one attached hydrogen (secondary N) is 1. The molecule has 0 spiro atoms. The molecule has 3 rings (SSSR count). The number of fused-ring (bicyclic) bond motifs is 1. The van der Waals surface area contributed by atoms with E-state index in [2.05, 4.69) is 5.32 Å². The molecule has 0 amide bonds. The molecule has 1 aliphatic heterocycles. The standard InChI is InChI=1S/C16H15Cl2NO2/c1-9-6-11(2-3-15(9)20)19-14-4-5-21-16-12(14)7-10(17)8-13(16)18/h2-3,6-8,14,19-20H,4-5H2,1H3. The highest BCUT2D eigenvalue weighted by atomic mass is 35.5. The number of halogens is 2. The average molecular weight is 324 g/mol. The molecule has 1 heterocycles. The summed E-state index contributed by atoms with van der Waals surface area (Å²) in [6.45, 7) is 2.47. The fourth-order valence-corrected chi connectivity index (χ4v) is 3.09. The van der Waals surface area contributed by atoms with Crippen molar-refractivity contribution in [2.75, 3.05) is 11.9 Å². The van der Waals surface area contributed by atoms with Crippen LogP contribution in [0.1, 0.15) is 23.6 Å². The second kappa shape index (κ2) is 5.66. The normalized spacial score (nSPS) is 17.0. The molecule has 0 fully saturated rings. The third kappa shape index (κ3) is 2.89. The first-order valence-corrected chi connectivity index (χ1v) is 7.48. The third-order valence-electron chi connectivity index (χ3n) is 3.60. The Bertz CT molecular complexity index is 688. The zero-order valence-electron chi connectivity index (χ0n) is 11.5. The maximum atomic E-state index is 9.60. The van der Waals surface area contributed by atoms with E-state index < -0.39 is 0 Å². The van der Waals surface area contributed by atoms with Gasteiger partial charge in [0.1, 0.15) is 11.5 Å². The van der Waals surface area contributed by atoms with Crippen LogP contribution in [0.4, 0.5) is 5.69 Å². The Balaban J connectivity index is 1.93. The van der Waals surface area contributed by atoms with Gasteiger partial charge >= 0.3 is 0 Å². The molecular weight excluding hydrogens is 309 g/mol. The van der Waals surface area contributed by atoms with Gasteiger partial charge in [0.15, 0.2) is 0 Å². The molecule has 0 saturated heterocycles. The van der Waals surface area contributed by atoms with E-state index in [0.29, 0.717) is 28.2 Å². The van der Waals surface area contributed by atoms with Gasteiger partial charge in [0, 0.05) is 22.7 Å². The van der Waals surface area contributed by atoms with E-state index >= 15 is 0 Å². The minimum absolute atomic E-state index is 0.0777. The summed E-state index contributed by atoms with van der Waals surface area (Å²) in [6, 6.07) is 9.10. The molecule has 0 aliphatic carbocycles. The molecule has 0 bridgehead atoms. The lowest BCUT2D eigenvalue weighted by Crippen LogP contribution is -2.20. The zero-order valence-corrected chi connectivity index (χ0v) is 13.0. The minimum Gasteiger partial charge on any atom is -0.508 e. The molecule has 5 heteroatoms. The molecule has 2 N–H and O–H groups in total. The van der Waals surface area contributed by atoms with Crippen molar-refractivity contribution < 1.29 is 9.84 Å². The summed E-state index contributed by atoms with van der Waals surface area (Å²) in [5, 5.41) is 14.2. The average Bonchev–Trinajstić information content (AvgIpc) is 2.44. The second-order valence-corrected chi connectivity index (χ2v) is 5.98. The Morgan fingerprint density at radius 2 is 2.05 bits per heavy atom. The highest BCUT2D eigenvalue weighted by Crippen LogP contribution is 2.41. The monoisotopic (exact) mass is 323 g/mol. The van der Waals surface area contributed by atoms with Crippen LogP contribution < -0.4 is 10.1 Å². The van der Waals surface area contributed by atoms with E-state index in [1.165, 1.54) is 0 Å². The van der Waals surface area contributed by atoms with E-state index in [1.807, 2.05) is 25.1 Å². The summed E-state index contributed by atoms with van der Waals surface area (Å²) in [4.78, 5) is 0. The van der Waals surface area contributed by atoms with E-state index in [0.717, 1.165) is 23.2 Å². The van der Waals surface area contributed by atoms with Crippen LogP contribution in [0.3, 0.4) is 0 Å². The number of phenolic OH excluding ortho intramolecular Hbond substituents is 1. The molecule has 1 unspecified atom stereocenters. The Kier molecular flexibility index (Phi) is 3.87. The summed E-state index contributed by atoms with van der Waals surface area (Å²) >= 11 is 12.3. The van der Waals surface area contributed by atoms with Gasteiger partial charge in [0.25, 0.3) is 0 Å². The van der Waals surface area contributed by atoms with Crippen LogP contribution in [0.15, 0.2) is 30.3 Å². The molecule has 0 saturated carbocycles. The number of hydrogen-bond acceptors (Lipinski definition) is 3. The highest BCUT2D eigenvalue weighted by molar-refractivity contribution is 6.35. The molecule has 3 nitrogen and oxygen atoms in total. The van der Waals surface area contributed by atoms with Crippen molar-refractivity contribution in [2.24, 2.45) is 0 Å². The molecule has 0 aromatic heterocycles. The number of aryl methyl sites for hydroxylation is 1. The van der Waals surface area contributed by atoms with Crippen molar-refractivity contribution in [2.45, 2.75) is 19.4 Å². The summed E-state index contributed by atoms with van der Waals surface area (Å²) < 4.78 is 5.65. The predicted molar refractivity (Wildman–Crippen MR) is 85.8 cm³/mol. The van der Waals surface area contributed by atoms with Gasteiger partial charge < -0.3 is 15.2 Å². The first-order valence-electron chi connectivity index (χ1n) is 6.72. The molecular formula is C16H15Cl2NO2. The van der Waals surface area contributed by atoms with E-state index in [-0.39, 0.29) is 6.04 Å². The van der Waals surface area contributed by atoms with Gasteiger partial charge in [0.2, 0.25) is 0 Å². The fourth-order valence-electron chi connectivity index (χ4n) is 2.52. The summed E-state index contributed by atoms with van der Waals surface area (Å²) in [5.74, 6) is 0.985. The van der Waals surface area contributed by atoms with Crippen LogP contribution >= 0.6 is 23.2 Å². The molecule has 1 atom stereocenters. The first-order chi connectivity index (χ1) is 10.0. The molecule has 110 valence electrons. The van der Waals surface area contributed by atoms with E-state index in [9.17, 15) is 5.11 Å². The van der Waals surface area contributed by atoms with Crippen LogP contribution in [0.25, 0.3) is 0 Å². The van der Waals surface area contributed by atoms with Gasteiger partial charge in [-0.3, -0.25) is 0 Å². The maximum absolute atomic E-state index is 9.60. The number of aromatic hydroxyl groups is 1. The summed E-state index contributed by atoms with van der Waals surface area (Å²) in [5.41, 5.74) is 2.74. The van der Waals surface area contributed by atoms with Crippen LogP contribution in [-0.2, 0) is 0 Å². The predicted octanol–water partition coefficient (Wildman–Crippen LogP) is 4.94. The lowest BCUT2D eigenvalue weighted by molar-refractivity contribution is 0.274. The fraction of sp³-hybridized carbons (Fsp3) is 0.250. The van der Waals surface area contributed by atoms with Gasteiger partial charge in [0.05, 0.1) is 17.7 Å². The Labute approximate surface area is 133 Å². The second-order valence-electron chi connectivity index (χ2n) is 5.14. The quantitative estimate of drug-likeness (QED) is 0.769. The summed E-state index contributed by atoms with van der Waals surface area (Å²) in [7, 11) is 0. The summed E-state index contributed by atoms with van der Waals surface area (Å²) in [6.07, 6.45) is 0.823. The molecule has 1 aliphatic rings. The van der Waals surface area contributed by atoms with Gasteiger partial charge in [-0.05, 0) is 42.8 Å². The highest BCUT2D eigenvalue weighted by Gasteiger charge is 2.24. The van der Waals surface area contributed by atoms with Crippen LogP contribution in [0.2, 0.25) is 10.0 Å². The molecule has 2 aromatic rings. The zero-order chi connectivity index (χ0) is 15.0. The van der Waals surface area contributed by atoms with Crippen LogP contribution in [0.5, 0.6) is 11.5 Å². The first kappa shape index (κ1) is 14.4. The molecule has 21 heavy (non-hydrogen) atoms. The number of hydrogen-bond donors (Lipinski definition) is 2. The van der Waals surface area contributed by atoms with Gasteiger partial charge in [-0.15, -0.1) is 0 Å². The van der Waals surface area contributed by atoms with Crippen molar-refractivity contribution in [3.8, 4) is 11.5 Å². The Hall–Kier alpha value is -1.58. The SMILES string of the molecule is Cc1cc(NC2CCOc3c(Cl)cc(Cl)cc32)ccc1O. The molecule has 0 radical (unpaired) electrons. The number of rotatable bonds is 2. The van der Waals surface area contributed by atoms with Crippen molar-refractivity contribution in [3.05, 3.63) is 51.5 Å². The van der Waals surface area contributed by atoms with Gasteiger partial charge in [-0.25, -0.2) is 0 Å². The van der Waals surface area contributed by atoms with E-state index in [4.69, 9.17) is 27.9 Å². The topological polar surface area (TPSA) is 41.5 Å². The van der Waals surface area contributed by atoms with Crippen molar-refractivity contribution in [3.63, 3.8) is 0 Å². The maximum Gasteiger partial charge on any atom is 0.143 e. The largest absolute Gasteiger partial charge is 0.508 e. The number of phenols is 1. The molecule has 2 aromatic carbocycles. The smallest absolute Gasteiger partial charge is 0.143 e. The van der Waals surface area contributed by atoms with Gasteiger partial charge in [-0.1, -0.05) is 23.2 Å². The Morgan fingerprint density at radius 3 is 2.81 bits per heavy atom. The van der Waals surface area contributed by atoms with Gasteiger partial charge in [-0.2, -0.15) is 0 Å². The third-order valence-corrected chi connectivity index (χ3v) is 4.10. The lowest BCUT2D eigenvalue weighted by Gasteiger charge is -2.28. The van der Waals surface area contributed by atoms with Crippen molar-refractivity contribution in [1.82, 2.24) is 0 Å². The lowest BCUT2D eigenvalue weighted by atomic mass is 10.00. The van der Waals surface area contributed by atoms with Crippen LogP contribution in [0, 0.1) is 6.92 Å². The number of benzene rings is 2. The number of anilines is 1. The van der Waals surface area contributed by atoms with Crippen molar-refractivity contribution in [1.29, 1.82) is 0 Å². The van der Waals surface area contributed by atoms with Crippen LogP contribution in [-0.4, -0.2) is 11.7 Å². The minimum atomic E-state index is 0.0777. The number of ether oxygens (including phenoxy) is 1. The Morgan fingerprint density at radius 1 is 1.24 bits per heavy atom. The van der Waals surface area contributed by atoms with E-state index in [1.54, 1.807) is 12.1 Å². The van der Waals surface area contributed by atoms with Crippen molar-refractivity contribution >= 4 is 28.9 Å².